The van der Waals surface area contributed by atoms with Crippen molar-refractivity contribution in [3.63, 3.8) is 0 Å². The molecule has 0 saturated heterocycles. The summed E-state index contributed by atoms with van der Waals surface area (Å²) in [6.45, 7) is 2.95. The average molecular weight is 220 g/mol. The highest BCUT2D eigenvalue weighted by atomic mass is 16.3. The summed E-state index contributed by atoms with van der Waals surface area (Å²) in [5, 5.41) is 9.39. The molecule has 1 aliphatic heterocycles. The maximum atomic E-state index is 11.7. The fourth-order valence-electron chi connectivity index (χ4n) is 2.02. The molecule has 4 nitrogen and oxygen atoms in total. The van der Waals surface area contributed by atoms with Crippen molar-refractivity contribution in [3.8, 4) is 5.75 Å². The zero-order chi connectivity index (χ0) is 11.7. The van der Waals surface area contributed by atoms with Gasteiger partial charge in [0.25, 0.3) is 0 Å². The van der Waals surface area contributed by atoms with Gasteiger partial charge in [-0.25, -0.2) is 0 Å². The number of phenolic OH excluding ortho intramolecular Hbond substituents is 1. The molecule has 0 bridgehead atoms. The van der Waals surface area contributed by atoms with Crippen LogP contribution >= 0.6 is 0 Å². The van der Waals surface area contributed by atoms with E-state index in [-0.39, 0.29) is 11.7 Å². The molecule has 1 amide bonds. The molecule has 1 heterocycles. The lowest BCUT2D eigenvalue weighted by Gasteiger charge is -2.30. The molecule has 4 heteroatoms. The number of nitrogens with zero attached hydrogens (tertiary/aromatic N) is 1. The molecule has 0 saturated carbocycles. The van der Waals surface area contributed by atoms with Gasteiger partial charge in [-0.2, -0.15) is 0 Å². The summed E-state index contributed by atoms with van der Waals surface area (Å²) in [6.07, 6.45) is 0.827. The van der Waals surface area contributed by atoms with E-state index in [0.29, 0.717) is 13.1 Å². The van der Waals surface area contributed by atoms with Crippen LogP contribution in [0, 0.1) is 0 Å². The largest absolute Gasteiger partial charge is 0.508 e. The Morgan fingerprint density at radius 2 is 2.25 bits per heavy atom. The van der Waals surface area contributed by atoms with E-state index < -0.39 is 6.04 Å². The number of fused-ring (bicyclic) bond motifs is 1. The second-order valence-electron chi connectivity index (χ2n) is 4.25. The molecule has 1 aromatic carbocycles. The Morgan fingerprint density at radius 3 is 2.94 bits per heavy atom. The predicted molar refractivity (Wildman–Crippen MR) is 60.9 cm³/mol. The Labute approximate surface area is 94.7 Å². The normalized spacial score (nSPS) is 16.8. The van der Waals surface area contributed by atoms with Crippen molar-refractivity contribution in [1.29, 1.82) is 0 Å². The third-order valence-electron chi connectivity index (χ3n) is 2.90. The van der Waals surface area contributed by atoms with Gasteiger partial charge >= 0.3 is 0 Å². The van der Waals surface area contributed by atoms with Crippen LogP contribution in [0.1, 0.15) is 18.1 Å². The average Bonchev–Trinajstić information content (AvgIpc) is 2.26. The van der Waals surface area contributed by atoms with Gasteiger partial charge in [-0.15, -0.1) is 0 Å². The Bertz CT molecular complexity index is 415. The zero-order valence-corrected chi connectivity index (χ0v) is 9.31. The molecule has 0 radical (unpaired) electrons. The molecular formula is C12H16N2O2. The quantitative estimate of drug-likeness (QED) is 0.729. The van der Waals surface area contributed by atoms with Gasteiger partial charge in [0, 0.05) is 13.1 Å². The molecule has 0 spiro atoms. The third kappa shape index (κ3) is 2.02. The summed E-state index contributed by atoms with van der Waals surface area (Å²) in [5.74, 6) is 0.211. The molecule has 86 valence electrons. The number of nitrogens with two attached hydrogens (primary N) is 1. The number of rotatable bonds is 1. The van der Waals surface area contributed by atoms with Crippen molar-refractivity contribution in [3.05, 3.63) is 29.3 Å². The lowest BCUT2D eigenvalue weighted by Crippen LogP contribution is -2.44. The first-order valence-electron chi connectivity index (χ1n) is 5.43. The SMILES string of the molecule is CC(N)C(=O)N1CCc2ccc(O)cc2C1. The summed E-state index contributed by atoms with van der Waals surface area (Å²) in [5.41, 5.74) is 7.79. The summed E-state index contributed by atoms with van der Waals surface area (Å²) >= 11 is 0. The minimum atomic E-state index is -0.459. The molecular weight excluding hydrogens is 204 g/mol. The van der Waals surface area contributed by atoms with Crippen LogP contribution < -0.4 is 5.73 Å². The van der Waals surface area contributed by atoms with Gasteiger partial charge in [0.05, 0.1) is 6.04 Å². The summed E-state index contributed by atoms with van der Waals surface area (Å²) < 4.78 is 0. The van der Waals surface area contributed by atoms with E-state index in [1.165, 1.54) is 5.56 Å². The number of phenols is 1. The first kappa shape index (κ1) is 11.0. The monoisotopic (exact) mass is 220 g/mol. The van der Waals surface area contributed by atoms with Gasteiger partial charge in [0.1, 0.15) is 5.75 Å². The predicted octanol–water partition coefficient (Wildman–Crippen LogP) is 0.624. The van der Waals surface area contributed by atoms with Gasteiger partial charge in [0.15, 0.2) is 0 Å². The lowest BCUT2D eigenvalue weighted by atomic mass is 9.99. The van der Waals surface area contributed by atoms with Crippen molar-refractivity contribution in [2.45, 2.75) is 25.9 Å². The first-order chi connectivity index (χ1) is 7.58. The smallest absolute Gasteiger partial charge is 0.239 e. The number of carbonyl (C=O) groups excluding carboxylic acids is 1. The standard InChI is InChI=1S/C12H16N2O2/c1-8(13)12(16)14-5-4-9-2-3-11(15)6-10(9)7-14/h2-3,6,8,15H,4-5,7,13H2,1H3. The maximum absolute atomic E-state index is 11.7. The molecule has 1 aliphatic rings. The van der Waals surface area contributed by atoms with Crippen LogP contribution in [0.15, 0.2) is 18.2 Å². The van der Waals surface area contributed by atoms with Crippen LogP contribution in [0.2, 0.25) is 0 Å². The number of carbonyl (C=O) groups is 1. The molecule has 1 unspecified atom stereocenters. The van der Waals surface area contributed by atoms with Crippen molar-refractivity contribution >= 4 is 5.91 Å². The van der Waals surface area contributed by atoms with Gasteiger partial charge in [-0.3, -0.25) is 4.79 Å². The fourth-order valence-corrected chi connectivity index (χ4v) is 2.02. The van der Waals surface area contributed by atoms with Gasteiger partial charge in [-0.05, 0) is 36.6 Å². The van der Waals surface area contributed by atoms with E-state index >= 15 is 0 Å². The molecule has 16 heavy (non-hydrogen) atoms. The molecule has 1 atom stereocenters. The Morgan fingerprint density at radius 1 is 1.50 bits per heavy atom. The highest BCUT2D eigenvalue weighted by Gasteiger charge is 2.22. The summed E-state index contributed by atoms with van der Waals surface area (Å²) in [6, 6.07) is 4.86. The number of hydrogen-bond acceptors (Lipinski definition) is 3. The molecule has 3 N–H and O–H groups in total. The minimum Gasteiger partial charge on any atom is -0.508 e. The Kier molecular flexibility index (Phi) is 2.83. The number of hydrogen-bond donors (Lipinski definition) is 2. The second kappa shape index (κ2) is 4.14. The number of benzene rings is 1. The topological polar surface area (TPSA) is 66.6 Å². The van der Waals surface area contributed by atoms with Gasteiger partial charge in [-0.1, -0.05) is 6.07 Å². The van der Waals surface area contributed by atoms with Crippen molar-refractivity contribution in [1.82, 2.24) is 4.90 Å². The van der Waals surface area contributed by atoms with E-state index in [0.717, 1.165) is 12.0 Å². The van der Waals surface area contributed by atoms with Crippen LogP contribution in [0.5, 0.6) is 5.75 Å². The maximum Gasteiger partial charge on any atom is 0.239 e. The van der Waals surface area contributed by atoms with Crippen molar-refractivity contribution in [2.24, 2.45) is 5.73 Å². The van der Waals surface area contributed by atoms with Crippen LogP contribution in [0.3, 0.4) is 0 Å². The van der Waals surface area contributed by atoms with Crippen LogP contribution in [-0.4, -0.2) is 28.5 Å². The highest BCUT2D eigenvalue weighted by Crippen LogP contribution is 2.23. The molecule has 0 aromatic heterocycles. The van der Waals surface area contributed by atoms with E-state index in [9.17, 15) is 9.90 Å². The molecule has 1 aromatic rings. The van der Waals surface area contributed by atoms with E-state index in [1.807, 2.05) is 6.07 Å². The van der Waals surface area contributed by atoms with E-state index in [2.05, 4.69) is 0 Å². The van der Waals surface area contributed by atoms with E-state index in [1.54, 1.807) is 24.0 Å². The minimum absolute atomic E-state index is 0.0333. The highest BCUT2D eigenvalue weighted by molar-refractivity contribution is 5.81. The summed E-state index contributed by atoms with van der Waals surface area (Å²) in [4.78, 5) is 13.5. The van der Waals surface area contributed by atoms with Gasteiger partial charge < -0.3 is 15.7 Å². The zero-order valence-electron chi connectivity index (χ0n) is 9.31. The second-order valence-corrected chi connectivity index (χ2v) is 4.25. The molecule has 2 rings (SSSR count). The summed E-state index contributed by atoms with van der Waals surface area (Å²) in [7, 11) is 0. The van der Waals surface area contributed by atoms with Crippen molar-refractivity contribution in [2.75, 3.05) is 6.54 Å². The fraction of sp³-hybridized carbons (Fsp3) is 0.417. The van der Waals surface area contributed by atoms with Gasteiger partial charge in [0.2, 0.25) is 5.91 Å². The first-order valence-corrected chi connectivity index (χ1v) is 5.43. The molecule has 0 aliphatic carbocycles. The number of amides is 1. The van der Waals surface area contributed by atoms with Crippen LogP contribution in [0.4, 0.5) is 0 Å². The molecule has 0 fully saturated rings. The van der Waals surface area contributed by atoms with E-state index in [4.69, 9.17) is 5.73 Å². The Balaban J connectivity index is 2.20. The van der Waals surface area contributed by atoms with Crippen LogP contribution in [-0.2, 0) is 17.8 Å². The lowest BCUT2D eigenvalue weighted by molar-refractivity contribution is -0.133. The van der Waals surface area contributed by atoms with Crippen molar-refractivity contribution < 1.29 is 9.90 Å². The van der Waals surface area contributed by atoms with Crippen LogP contribution in [0.25, 0.3) is 0 Å². The third-order valence-corrected chi connectivity index (χ3v) is 2.90. The Hall–Kier alpha value is -1.55. The number of aromatic hydroxyl groups is 1.